The number of carboxylic acid groups (broad SMARTS) is 1. The summed E-state index contributed by atoms with van der Waals surface area (Å²) in [6.45, 7) is 2.99. The number of carbonyl (C=O) groups is 2. The van der Waals surface area contributed by atoms with Gasteiger partial charge in [0.15, 0.2) is 0 Å². The molecule has 2 aromatic rings. The maximum absolute atomic E-state index is 12.7. The van der Waals surface area contributed by atoms with Crippen LogP contribution in [0.1, 0.15) is 22.3 Å². The number of morpholine rings is 1. The van der Waals surface area contributed by atoms with Gasteiger partial charge < -0.3 is 14.7 Å². The highest BCUT2D eigenvalue weighted by molar-refractivity contribution is 5.94. The van der Waals surface area contributed by atoms with Gasteiger partial charge in [0, 0.05) is 18.7 Å². The molecule has 0 saturated carbocycles. The third kappa shape index (κ3) is 3.43. The molecule has 1 amide bonds. The van der Waals surface area contributed by atoms with Crippen LogP contribution in [0.3, 0.4) is 0 Å². The summed E-state index contributed by atoms with van der Waals surface area (Å²) in [4.78, 5) is 29.0. The van der Waals surface area contributed by atoms with Crippen LogP contribution in [0.4, 0.5) is 0 Å². The standard InChI is InChI=1S/C16H18N4O4/c1-11-6-12(2-3-14(11)20-10-17-9-18-20)16(23)19-4-5-24-13(8-19)7-15(21)22/h2-3,6,9-10,13H,4-5,7-8H2,1H3,(H,21,22)/t13-/m0/s1. The molecule has 8 nitrogen and oxygen atoms in total. The Bertz CT molecular complexity index is 745. The summed E-state index contributed by atoms with van der Waals surface area (Å²) in [5, 5.41) is 13.0. The maximum atomic E-state index is 12.7. The van der Waals surface area contributed by atoms with E-state index in [9.17, 15) is 9.59 Å². The molecule has 8 heteroatoms. The average molecular weight is 330 g/mol. The zero-order chi connectivity index (χ0) is 17.1. The summed E-state index contributed by atoms with van der Waals surface area (Å²) in [6.07, 6.45) is 2.49. The zero-order valence-electron chi connectivity index (χ0n) is 13.3. The second-order valence-corrected chi connectivity index (χ2v) is 5.68. The Kier molecular flexibility index (Phi) is 4.57. The van der Waals surface area contributed by atoms with E-state index >= 15 is 0 Å². The van der Waals surface area contributed by atoms with Crippen molar-refractivity contribution < 1.29 is 19.4 Å². The zero-order valence-corrected chi connectivity index (χ0v) is 13.3. The van der Waals surface area contributed by atoms with Crippen molar-refractivity contribution in [2.45, 2.75) is 19.4 Å². The van der Waals surface area contributed by atoms with Crippen molar-refractivity contribution in [3.05, 3.63) is 42.0 Å². The van der Waals surface area contributed by atoms with E-state index in [0.717, 1.165) is 11.3 Å². The molecule has 3 rings (SSSR count). The molecule has 0 radical (unpaired) electrons. The van der Waals surface area contributed by atoms with Crippen LogP contribution in [0.25, 0.3) is 5.69 Å². The van der Waals surface area contributed by atoms with Gasteiger partial charge in [0.2, 0.25) is 0 Å². The van der Waals surface area contributed by atoms with Crippen LogP contribution in [-0.4, -0.2) is 62.4 Å². The predicted molar refractivity (Wildman–Crippen MR) is 84.0 cm³/mol. The molecular weight excluding hydrogens is 312 g/mol. The molecule has 1 atom stereocenters. The van der Waals surface area contributed by atoms with E-state index in [4.69, 9.17) is 9.84 Å². The minimum absolute atomic E-state index is 0.103. The van der Waals surface area contributed by atoms with Crippen molar-refractivity contribution in [1.29, 1.82) is 0 Å². The average Bonchev–Trinajstić information content (AvgIpc) is 3.08. The number of benzene rings is 1. The van der Waals surface area contributed by atoms with Crippen LogP contribution >= 0.6 is 0 Å². The third-order valence-corrected chi connectivity index (χ3v) is 3.94. The Balaban J connectivity index is 1.75. The Morgan fingerprint density at radius 1 is 1.42 bits per heavy atom. The molecule has 126 valence electrons. The lowest BCUT2D eigenvalue weighted by Crippen LogP contribution is -2.46. The molecule has 1 aliphatic heterocycles. The first kappa shape index (κ1) is 16.1. The van der Waals surface area contributed by atoms with Gasteiger partial charge in [0.1, 0.15) is 12.7 Å². The number of aromatic nitrogens is 3. The lowest BCUT2D eigenvalue weighted by molar-refractivity contribution is -0.141. The summed E-state index contributed by atoms with van der Waals surface area (Å²) < 4.78 is 7.04. The molecule has 2 heterocycles. The Labute approximate surface area is 138 Å². The highest BCUT2D eigenvalue weighted by atomic mass is 16.5. The number of hydrogen-bond acceptors (Lipinski definition) is 5. The Hall–Kier alpha value is -2.74. The van der Waals surface area contributed by atoms with E-state index in [1.165, 1.54) is 6.33 Å². The van der Waals surface area contributed by atoms with E-state index in [-0.39, 0.29) is 18.9 Å². The van der Waals surface area contributed by atoms with Crippen molar-refractivity contribution in [2.24, 2.45) is 0 Å². The number of rotatable bonds is 4. The molecule has 1 saturated heterocycles. The molecule has 1 aromatic carbocycles. The number of nitrogens with zero attached hydrogens (tertiary/aromatic N) is 4. The van der Waals surface area contributed by atoms with Gasteiger partial charge in [-0.1, -0.05) is 0 Å². The van der Waals surface area contributed by atoms with E-state index in [0.29, 0.717) is 18.7 Å². The fraction of sp³-hybridized carbons (Fsp3) is 0.375. The molecule has 0 unspecified atom stereocenters. The predicted octanol–water partition coefficient (Wildman–Crippen LogP) is 0.891. The van der Waals surface area contributed by atoms with E-state index in [1.54, 1.807) is 28.0 Å². The molecule has 24 heavy (non-hydrogen) atoms. The Morgan fingerprint density at radius 2 is 2.25 bits per heavy atom. The first-order chi connectivity index (χ1) is 11.5. The number of aryl methyl sites for hydroxylation is 1. The number of ether oxygens (including phenoxy) is 1. The fourth-order valence-electron chi connectivity index (χ4n) is 2.78. The summed E-state index contributed by atoms with van der Waals surface area (Å²) in [5.74, 6) is -1.05. The van der Waals surface area contributed by atoms with Crippen LogP contribution in [0.15, 0.2) is 30.9 Å². The van der Waals surface area contributed by atoms with Crippen molar-refractivity contribution in [3.8, 4) is 5.69 Å². The number of carboxylic acids is 1. The van der Waals surface area contributed by atoms with Gasteiger partial charge in [-0.2, -0.15) is 5.10 Å². The van der Waals surface area contributed by atoms with Gasteiger partial charge in [-0.25, -0.2) is 9.67 Å². The fourth-order valence-corrected chi connectivity index (χ4v) is 2.78. The Morgan fingerprint density at radius 3 is 2.92 bits per heavy atom. The molecule has 1 aromatic heterocycles. The van der Waals surface area contributed by atoms with Crippen LogP contribution in [0.2, 0.25) is 0 Å². The van der Waals surface area contributed by atoms with E-state index in [2.05, 4.69) is 10.1 Å². The molecule has 1 N–H and O–H groups in total. The number of aliphatic carboxylic acids is 1. The topological polar surface area (TPSA) is 97.6 Å². The smallest absolute Gasteiger partial charge is 0.306 e. The van der Waals surface area contributed by atoms with Crippen molar-refractivity contribution in [1.82, 2.24) is 19.7 Å². The first-order valence-electron chi connectivity index (χ1n) is 7.63. The quantitative estimate of drug-likeness (QED) is 0.894. The second kappa shape index (κ2) is 6.79. The highest BCUT2D eigenvalue weighted by Gasteiger charge is 2.26. The van der Waals surface area contributed by atoms with Gasteiger partial charge in [-0.05, 0) is 30.7 Å². The summed E-state index contributed by atoms with van der Waals surface area (Å²) in [7, 11) is 0. The van der Waals surface area contributed by atoms with Gasteiger partial charge in [0.25, 0.3) is 5.91 Å². The largest absolute Gasteiger partial charge is 0.481 e. The van der Waals surface area contributed by atoms with Gasteiger partial charge in [-0.3, -0.25) is 9.59 Å². The van der Waals surface area contributed by atoms with E-state index in [1.807, 2.05) is 13.0 Å². The molecule has 0 aliphatic carbocycles. The number of amides is 1. The lowest BCUT2D eigenvalue weighted by Gasteiger charge is -2.32. The third-order valence-electron chi connectivity index (χ3n) is 3.94. The molecule has 1 aliphatic rings. The van der Waals surface area contributed by atoms with Gasteiger partial charge in [0.05, 0.1) is 24.8 Å². The highest BCUT2D eigenvalue weighted by Crippen LogP contribution is 2.18. The molecule has 0 bridgehead atoms. The van der Waals surface area contributed by atoms with Crippen LogP contribution in [0.5, 0.6) is 0 Å². The van der Waals surface area contributed by atoms with Crippen molar-refractivity contribution in [2.75, 3.05) is 19.7 Å². The van der Waals surface area contributed by atoms with Gasteiger partial charge >= 0.3 is 5.97 Å². The first-order valence-corrected chi connectivity index (χ1v) is 7.63. The van der Waals surface area contributed by atoms with E-state index < -0.39 is 12.1 Å². The summed E-state index contributed by atoms with van der Waals surface area (Å²) in [6, 6.07) is 5.38. The summed E-state index contributed by atoms with van der Waals surface area (Å²) >= 11 is 0. The van der Waals surface area contributed by atoms with Crippen LogP contribution in [-0.2, 0) is 9.53 Å². The minimum atomic E-state index is -0.928. The molecule has 0 spiro atoms. The second-order valence-electron chi connectivity index (χ2n) is 5.68. The van der Waals surface area contributed by atoms with Gasteiger partial charge in [-0.15, -0.1) is 0 Å². The SMILES string of the molecule is Cc1cc(C(=O)N2CCO[C@@H](CC(=O)O)C2)ccc1-n1cncn1. The number of hydrogen-bond donors (Lipinski definition) is 1. The summed E-state index contributed by atoms with van der Waals surface area (Å²) in [5.41, 5.74) is 2.32. The normalized spacial score (nSPS) is 17.7. The van der Waals surface area contributed by atoms with Crippen LogP contribution < -0.4 is 0 Å². The number of carbonyl (C=O) groups excluding carboxylic acids is 1. The lowest BCUT2D eigenvalue weighted by atomic mass is 10.1. The minimum Gasteiger partial charge on any atom is -0.481 e. The molecule has 1 fully saturated rings. The molecular formula is C16H18N4O4. The van der Waals surface area contributed by atoms with Crippen molar-refractivity contribution >= 4 is 11.9 Å². The maximum Gasteiger partial charge on any atom is 0.306 e. The van der Waals surface area contributed by atoms with Crippen molar-refractivity contribution in [3.63, 3.8) is 0 Å². The van der Waals surface area contributed by atoms with Crippen LogP contribution in [0, 0.1) is 6.92 Å². The monoisotopic (exact) mass is 330 g/mol.